The quantitative estimate of drug-likeness (QED) is 0.820. The summed E-state index contributed by atoms with van der Waals surface area (Å²) in [5.41, 5.74) is 0.197. The summed E-state index contributed by atoms with van der Waals surface area (Å²) in [4.78, 5) is 26.4. The molecule has 1 atom stereocenters. The second kappa shape index (κ2) is 7.00. The molecule has 0 aliphatic rings. The number of carboxylic acids is 1. The van der Waals surface area contributed by atoms with E-state index in [9.17, 15) is 9.59 Å². The molecular formula is C12H16N2O3S. The Morgan fingerprint density at radius 3 is 2.83 bits per heavy atom. The lowest BCUT2D eigenvalue weighted by molar-refractivity contribution is 0.0690. The van der Waals surface area contributed by atoms with E-state index in [1.54, 1.807) is 11.8 Å². The van der Waals surface area contributed by atoms with E-state index in [0.29, 0.717) is 5.56 Å². The zero-order chi connectivity index (χ0) is 13.5. The fraction of sp³-hybridized carbons (Fsp3) is 0.417. The Balaban J connectivity index is 2.77. The van der Waals surface area contributed by atoms with Gasteiger partial charge in [-0.1, -0.05) is 6.92 Å². The van der Waals surface area contributed by atoms with Crippen LogP contribution in [0.4, 0.5) is 0 Å². The van der Waals surface area contributed by atoms with E-state index in [0.717, 1.165) is 12.2 Å². The van der Waals surface area contributed by atoms with E-state index in [1.807, 2.05) is 13.2 Å². The van der Waals surface area contributed by atoms with Crippen molar-refractivity contribution in [2.24, 2.45) is 0 Å². The average molecular weight is 268 g/mol. The molecule has 98 valence electrons. The van der Waals surface area contributed by atoms with Crippen molar-refractivity contribution in [2.75, 3.05) is 12.0 Å². The number of nitrogens with zero attached hydrogens (tertiary/aromatic N) is 1. The Hall–Kier alpha value is -1.56. The van der Waals surface area contributed by atoms with Crippen molar-refractivity contribution in [1.29, 1.82) is 0 Å². The van der Waals surface area contributed by atoms with E-state index in [2.05, 4.69) is 10.3 Å². The normalized spacial score (nSPS) is 11.9. The number of hydrogen-bond donors (Lipinski definition) is 2. The van der Waals surface area contributed by atoms with Crippen LogP contribution in [0.5, 0.6) is 0 Å². The van der Waals surface area contributed by atoms with Gasteiger partial charge in [0.25, 0.3) is 5.91 Å². The zero-order valence-electron chi connectivity index (χ0n) is 10.3. The van der Waals surface area contributed by atoms with Crippen LogP contribution in [0.1, 0.15) is 34.2 Å². The number of aromatic carboxylic acids is 1. The molecule has 0 saturated carbocycles. The number of carbonyl (C=O) groups is 2. The maximum absolute atomic E-state index is 11.9. The Kier molecular flexibility index (Phi) is 5.64. The minimum absolute atomic E-state index is 0.0916. The van der Waals surface area contributed by atoms with Gasteiger partial charge in [0.2, 0.25) is 0 Å². The molecule has 0 aliphatic heterocycles. The first-order valence-corrected chi connectivity index (χ1v) is 6.97. The van der Waals surface area contributed by atoms with Crippen molar-refractivity contribution in [1.82, 2.24) is 10.3 Å². The van der Waals surface area contributed by atoms with Crippen molar-refractivity contribution in [2.45, 2.75) is 19.4 Å². The van der Waals surface area contributed by atoms with Crippen LogP contribution in [0.25, 0.3) is 0 Å². The van der Waals surface area contributed by atoms with Crippen LogP contribution in [0.2, 0.25) is 0 Å². The molecule has 1 rings (SSSR count). The van der Waals surface area contributed by atoms with Gasteiger partial charge in [0.15, 0.2) is 0 Å². The molecule has 0 fully saturated rings. The smallest absolute Gasteiger partial charge is 0.354 e. The molecule has 1 unspecified atom stereocenters. The summed E-state index contributed by atoms with van der Waals surface area (Å²) in [6, 6.07) is 2.88. The Morgan fingerprint density at radius 1 is 1.56 bits per heavy atom. The summed E-state index contributed by atoms with van der Waals surface area (Å²) in [5.74, 6) is -0.569. The highest BCUT2D eigenvalue weighted by Crippen LogP contribution is 2.05. The molecule has 0 aliphatic carbocycles. The van der Waals surface area contributed by atoms with E-state index in [-0.39, 0.29) is 17.6 Å². The summed E-state index contributed by atoms with van der Waals surface area (Å²) >= 11 is 1.66. The summed E-state index contributed by atoms with van der Waals surface area (Å²) in [6.07, 6.45) is 4.14. The monoisotopic (exact) mass is 268 g/mol. The summed E-state index contributed by atoms with van der Waals surface area (Å²) in [7, 11) is 0. The molecule has 0 radical (unpaired) electrons. The predicted molar refractivity (Wildman–Crippen MR) is 71.1 cm³/mol. The van der Waals surface area contributed by atoms with E-state index >= 15 is 0 Å². The van der Waals surface area contributed by atoms with Crippen LogP contribution in [-0.4, -0.2) is 40.0 Å². The Labute approximate surface area is 110 Å². The minimum atomic E-state index is -1.14. The molecule has 1 heterocycles. The maximum Gasteiger partial charge on any atom is 0.354 e. The molecule has 0 saturated heterocycles. The molecule has 0 bridgehead atoms. The highest BCUT2D eigenvalue weighted by Gasteiger charge is 2.14. The number of carboxylic acid groups (broad SMARTS) is 1. The van der Waals surface area contributed by atoms with Crippen molar-refractivity contribution < 1.29 is 14.7 Å². The fourth-order valence-corrected chi connectivity index (χ4v) is 2.14. The maximum atomic E-state index is 11.9. The van der Waals surface area contributed by atoms with Gasteiger partial charge in [-0.2, -0.15) is 11.8 Å². The third-order valence-electron chi connectivity index (χ3n) is 2.44. The molecule has 18 heavy (non-hydrogen) atoms. The second-order valence-corrected chi connectivity index (χ2v) is 4.68. The van der Waals surface area contributed by atoms with Crippen LogP contribution < -0.4 is 5.32 Å². The van der Waals surface area contributed by atoms with Crippen molar-refractivity contribution >= 4 is 23.6 Å². The average Bonchev–Trinajstić information content (AvgIpc) is 2.38. The second-order valence-electron chi connectivity index (χ2n) is 3.77. The van der Waals surface area contributed by atoms with E-state index < -0.39 is 5.97 Å². The predicted octanol–water partition coefficient (Wildman–Crippen LogP) is 1.65. The Morgan fingerprint density at radius 2 is 2.28 bits per heavy atom. The van der Waals surface area contributed by atoms with Crippen LogP contribution >= 0.6 is 11.8 Å². The third-order valence-corrected chi connectivity index (χ3v) is 3.17. The topological polar surface area (TPSA) is 79.3 Å². The van der Waals surface area contributed by atoms with Gasteiger partial charge in [0.05, 0.1) is 0 Å². The first kappa shape index (κ1) is 14.5. The first-order chi connectivity index (χ1) is 8.58. The zero-order valence-corrected chi connectivity index (χ0v) is 11.2. The largest absolute Gasteiger partial charge is 0.477 e. The highest BCUT2D eigenvalue weighted by molar-refractivity contribution is 7.98. The van der Waals surface area contributed by atoms with Gasteiger partial charge in [0.1, 0.15) is 5.69 Å². The van der Waals surface area contributed by atoms with Crippen molar-refractivity contribution in [3.63, 3.8) is 0 Å². The van der Waals surface area contributed by atoms with Gasteiger partial charge in [-0.15, -0.1) is 0 Å². The van der Waals surface area contributed by atoms with E-state index in [4.69, 9.17) is 5.11 Å². The van der Waals surface area contributed by atoms with Gasteiger partial charge in [0, 0.05) is 23.6 Å². The van der Waals surface area contributed by atoms with Crippen LogP contribution in [0.3, 0.4) is 0 Å². The lowest BCUT2D eigenvalue weighted by Crippen LogP contribution is -2.36. The van der Waals surface area contributed by atoms with Crippen molar-refractivity contribution in [3.8, 4) is 0 Å². The molecule has 1 aromatic rings. The van der Waals surface area contributed by atoms with Gasteiger partial charge in [-0.05, 0) is 24.8 Å². The summed E-state index contributed by atoms with van der Waals surface area (Å²) in [5, 5.41) is 11.7. The fourth-order valence-electron chi connectivity index (χ4n) is 1.42. The number of pyridine rings is 1. The van der Waals surface area contributed by atoms with Gasteiger partial charge < -0.3 is 10.4 Å². The number of thioether (sulfide) groups is 1. The molecular weight excluding hydrogens is 252 g/mol. The van der Waals surface area contributed by atoms with Crippen molar-refractivity contribution in [3.05, 3.63) is 29.6 Å². The Bertz CT molecular complexity index is 437. The number of carbonyl (C=O) groups excluding carboxylic acids is 1. The molecule has 2 N–H and O–H groups in total. The number of nitrogens with one attached hydrogen (secondary N) is 1. The van der Waals surface area contributed by atoms with Crippen LogP contribution in [0.15, 0.2) is 18.3 Å². The third kappa shape index (κ3) is 4.03. The SMILES string of the molecule is CCC(CSC)NC(=O)c1ccnc(C(=O)O)c1. The number of amides is 1. The van der Waals surface area contributed by atoms with Crippen LogP contribution in [-0.2, 0) is 0 Å². The molecule has 5 nitrogen and oxygen atoms in total. The van der Waals surface area contributed by atoms with Gasteiger partial charge >= 0.3 is 5.97 Å². The molecule has 1 amide bonds. The summed E-state index contributed by atoms with van der Waals surface area (Å²) in [6.45, 7) is 2.00. The standard InChI is InChI=1S/C12H16N2O3S/c1-3-9(7-18-2)14-11(15)8-4-5-13-10(6-8)12(16)17/h4-6,9H,3,7H2,1-2H3,(H,14,15)(H,16,17). The van der Waals surface area contributed by atoms with E-state index in [1.165, 1.54) is 18.3 Å². The lowest BCUT2D eigenvalue weighted by atomic mass is 10.2. The first-order valence-electron chi connectivity index (χ1n) is 5.57. The number of rotatable bonds is 6. The van der Waals surface area contributed by atoms with Crippen LogP contribution in [0, 0.1) is 0 Å². The molecule has 1 aromatic heterocycles. The summed E-state index contributed by atoms with van der Waals surface area (Å²) < 4.78 is 0. The van der Waals surface area contributed by atoms with Gasteiger partial charge in [-0.25, -0.2) is 9.78 Å². The molecule has 0 spiro atoms. The highest BCUT2D eigenvalue weighted by atomic mass is 32.2. The number of aromatic nitrogens is 1. The van der Waals surface area contributed by atoms with Gasteiger partial charge in [-0.3, -0.25) is 4.79 Å². The molecule has 0 aromatic carbocycles. The minimum Gasteiger partial charge on any atom is -0.477 e. The number of hydrogen-bond acceptors (Lipinski definition) is 4. The lowest BCUT2D eigenvalue weighted by Gasteiger charge is -2.15. The molecule has 6 heteroatoms.